The fourth-order valence-electron chi connectivity index (χ4n) is 3.90. The predicted octanol–water partition coefficient (Wildman–Crippen LogP) is 4.63. The maximum absolute atomic E-state index is 12.9. The second-order valence-corrected chi connectivity index (χ2v) is 9.77. The van der Waals surface area contributed by atoms with Gasteiger partial charge in [0.2, 0.25) is 0 Å². The van der Waals surface area contributed by atoms with Crippen molar-refractivity contribution in [3.8, 4) is 0 Å². The minimum absolute atomic E-state index is 0.0513. The molecule has 0 radical (unpaired) electrons. The van der Waals surface area contributed by atoms with Crippen LogP contribution in [-0.2, 0) is 9.53 Å². The number of carbonyl (C=O) groups excluding carboxylic acids is 1. The number of thiocarbonyl (C=S) groups is 1. The van der Waals surface area contributed by atoms with Crippen molar-refractivity contribution in [1.29, 1.82) is 0 Å². The minimum atomic E-state index is -0.0513. The molecule has 2 aliphatic heterocycles. The number of hydrogen-bond donors (Lipinski definition) is 0. The van der Waals surface area contributed by atoms with E-state index in [1.165, 1.54) is 17.3 Å². The molecular formula is C23H27N3O2S2. The maximum atomic E-state index is 12.9. The highest BCUT2D eigenvalue weighted by atomic mass is 32.2. The molecule has 2 aromatic rings. The zero-order valence-electron chi connectivity index (χ0n) is 17.7. The van der Waals surface area contributed by atoms with Crippen LogP contribution >= 0.6 is 24.0 Å². The summed E-state index contributed by atoms with van der Waals surface area (Å²) in [5.74, 6) is 1.65. The number of amides is 1. The predicted molar refractivity (Wildman–Crippen MR) is 129 cm³/mol. The third-order valence-corrected chi connectivity index (χ3v) is 7.12. The average molecular weight is 442 g/mol. The summed E-state index contributed by atoms with van der Waals surface area (Å²) >= 11 is 6.79. The van der Waals surface area contributed by atoms with E-state index in [4.69, 9.17) is 21.9 Å². The number of aromatic nitrogens is 1. The molecule has 5 nitrogen and oxygen atoms in total. The quantitative estimate of drug-likeness (QED) is 0.498. The lowest BCUT2D eigenvalue weighted by Gasteiger charge is -2.32. The summed E-state index contributed by atoms with van der Waals surface area (Å²) in [4.78, 5) is 22.6. The maximum Gasteiger partial charge on any atom is 0.266 e. The zero-order valence-corrected chi connectivity index (χ0v) is 19.3. The van der Waals surface area contributed by atoms with Gasteiger partial charge in [-0.1, -0.05) is 42.5 Å². The fourth-order valence-corrected chi connectivity index (χ4v) is 5.20. The molecule has 0 bridgehead atoms. The zero-order chi connectivity index (χ0) is 21.3. The SMILES string of the molecule is COCCN1C(=O)/C(=C/c2cc3cc(C)ccc3nc2N2CCC(C)CC2)SC1=S. The van der Waals surface area contributed by atoms with Crippen molar-refractivity contribution in [2.75, 3.05) is 38.3 Å². The first-order chi connectivity index (χ1) is 14.5. The van der Waals surface area contributed by atoms with Crippen molar-refractivity contribution in [3.63, 3.8) is 0 Å². The van der Waals surface area contributed by atoms with Gasteiger partial charge in [0.15, 0.2) is 0 Å². The number of methoxy groups -OCH3 is 1. The Morgan fingerprint density at radius 2 is 2.07 bits per heavy atom. The molecule has 158 valence electrons. The first kappa shape index (κ1) is 21.3. The normalized spacial score (nSPS) is 19.5. The topological polar surface area (TPSA) is 45.7 Å². The molecule has 0 unspecified atom stereocenters. The number of hydrogen-bond acceptors (Lipinski definition) is 6. The van der Waals surface area contributed by atoms with Gasteiger partial charge in [-0.15, -0.1) is 0 Å². The Kier molecular flexibility index (Phi) is 6.41. The molecule has 2 aliphatic rings. The van der Waals surface area contributed by atoms with Crippen molar-refractivity contribution < 1.29 is 9.53 Å². The molecular weight excluding hydrogens is 414 g/mol. The lowest BCUT2D eigenvalue weighted by Crippen LogP contribution is -2.34. The van der Waals surface area contributed by atoms with Gasteiger partial charge in [-0.05, 0) is 50.0 Å². The molecule has 1 amide bonds. The van der Waals surface area contributed by atoms with Crippen LogP contribution in [0.2, 0.25) is 0 Å². The van der Waals surface area contributed by atoms with Crippen molar-refractivity contribution in [3.05, 3.63) is 40.3 Å². The van der Waals surface area contributed by atoms with Gasteiger partial charge in [0.1, 0.15) is 10.1 Å². The fraction of sp³-hybridized carbons (Fsp3) is 0.435. The monoisotopic (exact) mass is 441 g/mol. The molecule has 1 aromatic heterocycles. The summed E-state index contributed by atoms with van der Waals surface area (Å²) in [5, 5.41) is 1.09. The van der Waals surface area contributed by atoms with E-state index < -0.39 is 0 Å². The van der Waals surface area contributed by atoms with Crippen LogP contribution in [0.5, 0.6) is 0 Å². The lowest BCUT2D eigenvalue weighted by atomic mass is 9.98. The van der Waals surface area contributed by atoms with Crippen molar-refractivity contribution in [2.45, 2.75) is 26.7 Å². The third kappa shape index (κ3) is 4.38. The number of thioether (sulfide) groups is 1. The highest BCUT2D eigenvalue weighted by Crippen LogP contribution is 2.35. The molecule has 0 N–H and O–H groups in total. The van der Waals surface area contributed by atoms with Crippen LogP contribution in [0.1, 0.15) is 30.9 Å². The number of nitrogens with zero attached hydrogens (tertiary/aromatic N) is 3. The lowest BCUT2D eigenvalue weighted by molar-refractivity contribution is -0.122. The van der Waals surface area contributed by atoms with Gasteiger partial charge in [0, 0.05) is 31.1 Å². The van der Waals surface area contributed by atoms with Gasteiger partial charge in [-0.25, -0.2) is 4.98 Å². The molecule has 0 atom stereocenters. The van der Waals surface area contributed by atoms with E-state index in [9.17, 15) is 4.79 Å². The molecule has 0 aliphatic carbocycles. The molecule has 0 saturated carbocycles. The van der Waals surface area contributed by atoms with Gasteiger partial charge in [-0.2, -0.15) is 0 Å². The Bertz CT molecular complexity index is 1010. The van der Waals surface area contributed by atoms with Crippen molar-refractivity contribution >= 4 is 57.0 Å². The Labute approximate surface area is 187 Å². The molecule has 2 fully saturated rings. The van der Waals surface area contributed by atoms with Crippen molar-refractivity contribution in [1.82, 2.24) is 9.88 Å². The summed E-state index contributed by atoms with van der Waals surface area (Å²) in [6, 6.07) is 8.47. The van der Waals surface area contributed by atoms with E-state index in [2.05, 4.69) is 43.0 Å². The van der Waals surface area contributed by atoms with Crippen molar-refractivity contribution in [2.24, 2.45) is 5.92 Å². The standard InChI is InChI=1S/C23H27N3O2S2/c1-15-6-8-25(9-7-15)21-18(13-17-12-16(2)4-5-19(17)24-21)14-20-22(27)26(10-11-28-3)23(29)30-20/h4-5,12-15H,6-11H2,1-3H3/b20-14-. The second-order valence-electron chi connectivity index (χ2n) is 8.09. The van der Waals surface area contributed by atoms with E-state index in [0.29, 0.717) is 22.4 Å². The van der Waals surface area contributed by atoms with E-state index in [1.54, 1.807) is 12.0 Å². The first-order valence-corrected chi connectivity index (χ1v) is 11.6. The minimum Gasteiger partial charge on any atom is -0.383 e. The van der Waals surface area contributed by atoms with Crippen LogP contribution < -0.4 is 4.90 Å². The van der Waals surface area contributed by atoms with Crippen LogP contribution in [0.3, 0.4) is 0 Å². The number of rotatable bonds is 5. The average Bonchev–Trinajstić information content (AvgIpc) is 2.99. The van der Waals surface area contributed by atoms with Gasteiger partial charge >= 0.3 is 0 Å². The van der Waals surface area contributed by atoms with Crippen LogP contribution in [0.15, 0.2) is 29.2 Å². The molecule has 2 saturated heterocycles. The Hall–Kier alpha value is -1.96. The molecule has 30 heavy (non-hydrogen) atoms. The summed E-state index contributed by atoms with van der Waals surface area (Å²) < 4.78 is 5.71. The van der Waals surface area contributed by atoms with Gasteiger partial charge in [0.25, 0.3) is 5.91 Å². The molecule has 7 heteroatoms. The smallest absolute Gasteiger partial charge is 0.266 e. The number of pyridine rings is 1. The summed E-state index contributed by atoms with van der Waals surface area (Å²) in [7, 11) is 1.63. The Morgan fingerprint density at radius 1 is 1.30 bits per heavy atom. The number of piperidine rings is 1. The van der Waals surface area contributed by atoms with Crippen LogP contribution in [0.25, 0.3) is 17.0 Å². The molecule has 3 heterocycles. The van der Waals surface area contributed by atoms with Gasteiger partial charge in [-0.3, -0.25) is 9.69 Å². The second kappa shape index (κ2) is 9.04. The van der Waals surface area contributed by atoms with Gasteiger partial charge < -0.3 is 9.64 Å². The molecule has 0 spiro atoms. The summed E-state index contributed by atoms with van der Waals surface area (Å²) in [6.07, 6.45) is 4.28. The van der Waals surface area contributed by atoms with Crippen LogP contribution in [0.4, 0.5) is 5.82 Å². The van der Waals surface area contributed by atoms with Crippen LogP contribution in [0, 0.1) is 12.8 Å². The van der Waals surface area contributed by atoms with Gasteiger partial charge in [0.05, 0.1) is 23.6 Å². The molecule has 4 rings (SSSR count). The van der Waals surface area contributed by atoms with Crippen LogP contribution in [-0.4, -0.2) is 53.5 Å². The molecule has 1 aromatic carbocycles. The highest BCUT2D eigenvalue weighted by Gasteiger charge is 2.32. The third-order valence-electron chi connectivity index (χ3n) is 5.74. The summed E-state index contributed by atoms with van der Waals surface area (Å²) in [6.45, 7) is 7.31. The number of fused-ring (bicyclic) bond motifs is 1. The van der Waals surface area contributed by atoms with E-state index >= 15 is 0 Å². The first-order valence-electron chi connectivity index (χ1n) is 10.4. The largest absolute Gasteiger partial charge is 0.383 e. The Balaban J connectivity index is 1.74. The summed E-state index contributed by atoms with van der Waals surface area (Å²) in [5.41, 5.74) is 3.16. The van der Waals surface area contributed by atoms with E-state index in [0.717, 1.165) is 54.1 Å². The Morgan fingerprint density at radius 3 is 2.80 bits per heavy atom. The number of anilines is 1. The number of ether oxygens (including phenoxy) is 1. The number of benzene rings is 1. The highest BCUT2D eigenvalue weighted by molar-refractivity contribution is 8.26. The number of carbonyl (C=O) groups is 1. The van der Waals surface area contributed by atoms with E-state index in [1.807, 2.05) is 6.08 Å². The van der Waals surface area contributed by atoms with E-state index in [-0.39, 0.29) is 5.91 Å². The number of aryl methyl sites for hydroxylation is 1.